The summed E-state index contributed by atoms with van der Waals surface area (Å²) in [6.45, 7) is 14.4. The molecule has 0 spiro atoms. The van der Waals surface area contributed by atoms with Crippen LogP contribution in [0.15, 0.2) is 36.7 Å². The van der Waals surface area contributed by atoms with Crippen LogP contribution in [0.5, 0.6) is 0 Å². The highest BCUT2D eigenvalue weighted by atomic mass is 19.1. The normalized spacial score (nSPS) is 18.2. The van der Waals surface area contributed by atoms with Crippen molar-refractivity contribution in [2.45, 2.75) is 46.4 Å². The molecule has 0 radical (unpaired) electrons. The predicted molar refractivity (Wildman–Crippen MR) is 143 cm³/mol. The van der Waals surface area contributed by atoms with Crippen LogP contribution in [-0.4, -0.2) is 69.7 Å². The van der Waals surface area contributed by atoms with E-state index in [2.05, 4.69) is 42.3 Å². The van der Waals surface area contributed by atoms with E-state index in [0.29, 0.717) is 22.8 Å². The molecule has 4 heterocycles. The van der Waals surface area contributed by atoms with E-state index in [0.717, 1.165) is 51.0 Å². The van der Waals surface area contributed by atoms with Gasteiger partial charge in [-0.1, -0.05) is 13.0 Å². The summed E-state index contributed by atoms with van der Waals surface area (Å²) in [7, 11) is 0. The Labute approximate surface area is 216 Å². The number of pyridine rings is 1. The maximum atomic E-state index is 15.2. The van der Waals surface area contributed by atoms with E-state index in [1.807, 2.05) is 44.0 Å². The largest absolute Gasteiger partial charge is 0.364 e. The van der Waals surface area contributed by atoms with E-state index in [1.54, 1.807) is 6.07 Å². The van der Waals surface area contributed by atoms with Crippen LogP contribution in [0.1, 0.15) is 33.3 Å². The van der Waals surface area contributed by atoms with Crippen LogP contribution < -0.4 is 15.5 Å². The average molecular weight is 509 g/mol. The molecule has 0 aliphatic carbocycles. The zero-order chi connectivity index (χ0) is 26.1. The van der Waals surface area contributed by atoms with E-state index in [1.165, 1.54) is 6.07 Å². The second-order valence-corrected chi connectivity index (χ2v) is 9.95. The Morgan fingerprint density at radius 2 is 1.78 bits per heavy atom. The third-order valence-electron chi connectivity index (χ3n) is 7.06. The summed E-state index contributed by atoms with van der Waals surface area (Å²) in [4.78, 5) is 19.8. The monoisotopic (exact) mass is 508 g/mol. The Hall–Kier alpha value is -3.37. The molecular weight excluding hydrogens is 474 g/mol. The molecule has 2 aromatic heterocycles. The standard InChI is InChI=1S/C27H34F2N8/c1-5-35-8-10-36(11-9-35)16-19-6-7-24(30-14-19)33-27-31-15-22(29)25(34-27)20-12-21(28)26-23(13-20)32-18(4)37(26)17(2)3/h6-7,12-15,17-18,32H,5,8-11,16H2,1-4H3,(H,30,31,33,34). The van der Waals surface area contributed by atoms with Crippen molar-refractivity contribution >= 4 is 23.1 Å². The number of piperazine rings is 1. The molecule has 37 heavy (non-hydrogen) atoms. The van der Waals surface area contributed by atoms with Gasteiger partial charge in [-0.05, 0) is 51.1 Å². The third-order valence-corrected chi connectivity index (χ3v) is 7.06. The van der Waals surface area contributed by atoms with Gasteiger partial charge in [-0.25, -0.2) is 23.7 Å². The van der Waals surface area contributed by atoms with E-state index in [9.17, 15) is 4.39 Å². The van der Waals surface area contributed by atoms with Crippen LogP contribution in [0, 0.1) is 11.6 Å². The van der Waals surface area contributed by atoms with Gasteiger partial charge >= 0.3 is 0 Å². The fourth-order valence-corrected chi connectivity index (χ4v) is 5.16. The minimum absolute atomic E-state index is 0.0273. The number of fused-ring (bicyclic) bond motifs is 1. The van der Waals surface area contributed by atoms with Crippen molar-refractivity contribution in [3.63, 3.8) is 0 Å². The number of nitrogens with one attached hydrogen (secondary N) is 2. The molecule has 1 saturated heterocycles. The minimum Gasteiger partial charge on any atom is -0.364 e. The first kappa shape index (κ1) is 25.3. The van der Waals surface area contributed by atoms with Gasteiger partial charge in [-0.2, -0.15) is 0 Å². The van der Waals surface area contributed by atoms with Crippen molar-refractivity contribution in [3.8, 4) is 11.3 Å². The van der Waals surface area contributed by atoms with Crippen molar-refractivity contribution in [3.05, 3.63) is 53.9 Å². The minimum atomic E-state index is -0.622. The first-order chi connectivity index (χ1) is 17.8. The molecule has 8 nitrogen and oxygen atoms in total. The number of hydrogen-bond acceptors (Lipinski definition) is 8. The van der Waals surface area contributed by atoms with E-state index >= 15 is 4.39 Å². The molecule has 0 bridgehead atoms. The fourth-order valence-electron chi connectivity index (χ4n) is 5.16. The number of likely N-dealkylation sites (N-methyl/N-ethyl adjacent to an activating group) is 1. The van der Waals surface area contributed by atoms with E-state index < -0.39 is 11.6 Å². The molecular formula is C27H34F2N8. The molecule has 196 valence electrons. The van der Waals surface area contributed by atoms with Gasteiger partial charge in [-0.15, -0.1) is 0 Å². The topological polar surface area (TPSA) is 72.5 Å². The maximum Gasteiger partial charge on any atom is 0.229 e. The lowest BCUT2D eigenvalue weighted by Gasteiger charge is -2.33. The highest BCUT2D eigenvalue weighted by Crippen LogP contribution is 2.41. The molecule has 0 saturated carbocycles. The lowest BCUT2D eigenvalue weighted by Crippen LogP contribution is -2.45. The Bertz CT molecular complexity index is 1240. The van der Waals surface area contributed by atoms with Crippen molar-refractivity contribution in [1.82, 2.24) is 24.8 Å². The summed E-state index contributed by atoms with van der Waals surface area (Å²) in [6, 6.07) is 7.07. The summed E-state index contributed by atoms with van der Waals surface area (Å²) in [5, 5.41) is 6.33. The highest BCUT2D eigenvalue weighted by molar-refractivity contribution is 5.82. The van der Waals surface area contributed by atoms with Gasteiger partial charge in [0.05, 0.1) is 23.7 Å². The van der Waals surface area contributed by atoms with Gasteiger partial charge in [-0.3, -0.25) is 4.90 Å². The highest BCUT2D eigenvalue weighted by Gasteiger charge is 2.31. The van der Waals surface area contributed by atoms with Crippen LogP contribution in [0.2, 0.25) is 0 Å². The zero-order valence-electron chi connectivity index (χ0n) is 21.8. The Balaban J connectivity index is 1.31. The quantitative estimate of drug-likeness (QED) is 0.477. The number of nitrogens with zero attached hydrogens (tertiary/aromatic N) is 6. The lowest BCUT2D eigenvalue weighted by molar-refractivity contribution is 0.132. The van der Waals surface area contributed by atoms with Gasteiger partial charge in [0, 0.05) is 50.5 Å². The van der Waals surface area contributed by atoms with Crippen molar-refractivity contribution in [2.75, 3.05) is 48.3 Å². The third kappa shape index (κ3) is 5.35. The number of halogens is 2. The molecule has 10 heteroatoms. The zero-order valence-corrected chi connectivity index (χ0v) is 21.8. The van der Waals surface area contributed by atoms with Crippen LogP contribution in [0.25, 0.3) is 11.3 Å². The van der Waals surface area contributed by atoms with Gasteiger partial charge in [0.1, 0.15) is 17.3 Å². The number of benzene rings is 1. The molecule has 0 amide bonds. The average Bonchev–Trinajstić information content (AvgIpc) is 3.23. The second kappa shape index (κ2) is 10.5. The van der Waals surface area contributed by atoms with Crippen molar-refractivity contribution in [2.24, 2.45) is 0 Å². The summed E-state index contributed by atoms with van der Waals surface area (Å²) in [5.74, 6) is -0.291. The molecule has 2 N–H and O–H groups in total. The molecule has 1 unspecified atom stereocenters. The maximum absolute atomic E-state index is 15.2. The molecule has 5 rings (SSSR count). The summed E-state index contributed by atoms with van der Waals surface area (Å²) in [5.41, 5.74) is 2.62. The number of rotatable bonds is 7. The smallest absolute Gasteiger partial charge is 0.229 e. The second-order valence-electron chi connectivity index (χ2n) is 9.95. The Morgan fingerprint density at radius 1 is 1.03 bits per heavy atom. The van der Waals surface area contributed by atoms with Crippen LogP contribution in [-0.2, 0) is 6.54 Å². The summed E-state index contributed by atoms with van der Waals surface area (Å²) >= 11 is 0. The number of anilines is 4. The van der Waals surface area contributed by atoms with Crippen LogP contribution in [0.4, 0.5) is 31.9 Å². The fraction of sp³-hybridized carbons (Fsp3) is 0.444. The van der Waals surface area contributed by atoms with Gasteiger partial charge in [0.25, 0.3) is 0 Å². The summed E-state index contributed by atoms with van der Waals surface area (Å²) in [6.07, 6.45) is 2.86. The molecule has 2 aliphatic heterocycles. The van der Waals surface area contributed by atoms with Gasteiger partial charge in [0.15, 0.2) is 5.82 Å². The number of hydrogen-bond donors (Lipinski definition) is 2. The number of aromatic nitrogens is 3. The predicted octanol–water partition coefficient (Wildman–Crippen LogP) is 4.68. The Morgan fingerprint density at radius 3 is 2.46 bits per heavy atom. The molecule has 3 aromatic rings. The first-order valence-corrected chi connectivity index (χ1v) is 12.9. The molecule has 1 aromatic carbocycles. The van der Waals surface area contributed by atoms with Gasteiger partial charge in [0.2, 0.25) is 5.95 Å². The molecule has 1 fully saturated rings. The first-order valence-electron chi connectivity index (χ1n) is 12.9. The van der Waals surface area contributed by atoms with Gasteiger partial charge < -0.3 is 20.4 Å². The van der Waals surface area contributed by atoms with Crippen LogP contribution >= 0.6 is 0 Å². The Kier molecular flexibility index (Phi) is 7.21. The summed E-state index contributed by atoms with van der Waals surface area (Å²) < 4.78 is 29.9. The van der Waals surface area contributed by atoms with Crippen molar-refractivity contribution in [1.29, 1.82) is 0 Å². The van der Waals surface area contributed by atoms with E-state index in [4.69, 9.17) is 0 Å². The van der Waals surface area contributed by atoms with E-state index in [-0.39, 0.29) is 23.8 Å². The molecule has 1 atom stereocenters. The molecule has 2 aliphatic rings. The SMILES string of the molecule is CCN1CCN(Cc2ccc(Nc3ncc(F)c(-c4cc(F)c5c(c4)NC(C)N5C(C)C)n3)nc2)CC1. The van der Waals surface area contributed by atoms with Crippen molar-refractivity contribution < 1.29 is 8.78 Å². The van der Waals surface area contributed by atoms with Crippen LogP contribution in [0.3, 0.4) is 0 Å². The lowest BCUT2D eigenvalue weighted by atomic mass is 10.1.